The minimum atomic E-state index is -3.88. The first kappa shape index (κ1) is 24.2. The summed E-state index contributed by atoms with van der Waals surface area (Å²) in [4.78, 5) is 19.9. The van der Waals surface area contributed by atoms with Gasteiger partial charge in [0, 0.05) is 5.69 Å². The molecule has 3 N–H and O–H groups in total. The summed E-state index contributed by atoms with van der Waals surface area (Å²) in [6.45, 7) is 0.153. The zero-order valence-electron chi connectivity index (χ0n) is 19.6. The SMILES string of the molecule is NC1=NC(c2ccccc2)(c2ccccc2)C(=O)N1Cc1ccc(NS(=O)(=O)c2ccc(F)cc2)cc1. The van der Waals surface area contributed by atoms with E-state index in [2.05, 4.69) is 9.71 Å². The lowest BCUT2D eigenvalue weighted by Gasteiger charge is -2.27. The van der Waals surface area contributed by atoms with Gasteiger partial charge in [0.2, 0.25) is 0 Å². The third-order valence-electron chi connectivity index (χ3n) is 6.17. The summed E-state index contributed by atoms with van der Waals surface area (Å²) >= 11 is 0. The number of halogens is 1. The van der Waals surface area contributed by atoms with E-state index in [1.807, 2.05) is 60.7 Å². The zero-order chi connectivity index (χ0) is 26.0. The Hall–Kier alpha value is -4.50. The van der Waals surface area contributed by atoms with Crippen LogP contribution < -0.4 is 10.5 Å². The minimum absolute atomic E-state index is 0.0530. The molecular formula is C28H23FN4O3S. The van der Waals surface area contributed by atoms with Crippen molar-refractivity contribution in [1.29, 1.82) is 0 Å². The van der Waals surface area contributed by atoms with Crippen LogP contribution in [-0.2, 0) is 26.9 Å². The Bertz CT molecular complexity index is 1520. The predicted octanol–water partition coefficient (Wildman–Crippen LogP) is 4.23. The summed E-state index contributed by atoms with van der Waals surface area (Å²) in [5, 5.41) is 0. The van der Waals surface area contributed by atoms with Gasteiger partial charge in [0.05, 0.1) is 11.4 Å². The quantitative estimate of drug-likeness (QED) is 0.385. The van der Waals surface area contributed by atoms with E-state index in [0.29, 0.717) is 16.8 Å². The van der Waals surface area contributed by atoms with Crippen LogP contribution in [0.3, 0.4) is 0 Å². The summed E-state index contributed by atoms with van der Waals surface area (Å²) in [6.07, 6.45) is 0. The van der Waals surface area contributed by atoms with Gasteiger partial charge in [-0.15, -0.1) is 0 Å². The number of nitrogens with zero attached hydrogens (tertiary/aromatic N) is 2. The van der Waals surface area contributed by atoms with E-state index in [1.165, 1.54) is 17.0 Å². The predicted molar refractivity (Wildman–Crippen MR) is 139 cm³/mol. The van der Waals surface area contributed by atoms with Crippen molar-refractivity contribution in [2.45, 2.75) is 17.0 Å². The standard InChI is InChI=1S/C28H23FN4O3S/c29-23-13-17-25(18-14-23)37(35,36)32-24-15-11-20(12-16-24)19-33-26(34)28(31-27(33)30,21-7-3-1-4-8-21)22-9-5-2-6-10-22/h1-18,32H,19H2,(H2,30,31). The number of hydrogen-bond acceptors (Lipinski definition) is 5. The molecule has 0 bridgehead atoms. The van der Waals surface area contributed by atoms with E-state index in [4.69, 9.17) is 5.73 Å². The average Bonchev–Trinajstić information content (AvgIpc) is 3.16. The molecule has 7 nitrogen and oxygen atoms in total. The number of nitrogens with two attached hydrogens (primary N) is 1. The lowest BCUT2D eigenvalue weighted by molar-refractivity contribution is -0.130. The second kappa shape index (κ2) is 9.51. The van der Waals surface area contributed by atoms with Gasteiger partial charge in [-0.05, 0) is 53.1 Å². The van der Waals surface area contributed by atoms with Crippen LogP contribution in [0.5, 0.6) is 0 Å². The maximum atomic E-state index is 13.9. The number of guanidine groups is 1. The van der Waals surface area contributed by atoms with Gasteiger partial charge in [-0.25, -0.2) is 17.8 Å². The summed E-state index contributed by atoms with van der Waals surface area (Å²) in [5.41, 5.74) is 7.47. The Morgan fingerprint density at radius 1 is 0.811 bits per heavy atom. The van der Waals surface area contributed by atoms with Crippen LogP contribution in [0.15, 0.2) is 119 Å². The topological polar surface area (TPSA) is 105 Å². The number of benzene rings is 4. The van der Waals surface area contributed by atoms with Crippen molar-refractivity contribution in [3.63, 3.8) is 0 Å². The Morgan fingerprint density at radius 2 is 1.35 bits per heavy atom. The van der Waals surface area contributed by atoms with Gasteiger partial charge >= 0.3 is 0 Å². The molecule has 0 radical (unpaired) electrons. The largest absolute Gasteiger partial charge is 0.369 e. The van der Waals surface area contributed by atoms with Gasteiger partial charge in [-0.1, -0.05) is 72.8 Å². The van der Waals surface area contributed by atoms with Crippen LogP contribution in [0.4, 0.5) is 10.1 Å². The van der Waals surface area contributed by atoms with Crippen molar-refractivity contribution in [2.24, 2.45) is 10.7 Å². The number of sulfonamides is 1. The van der Waals surface area contributed by atoms with Crippen molar-refractivity contribution in [3.8, 4) is 0 Å². The highest BCUT2D eigenvalue weighted by Gasteiger charge is 2.50. The van der Waals surface area contributed by atoms with E-state index < -0.39 is 21.4 Å². The van der Waals surface area contributed by atoms with Gasteiger partial charge < -0.3 is 5.73 Å². The number of hydrogen-bond donors (Lipinski definition) is 2. The van der Waals surface area contributed by atoms with Crippen molar-refractivity contribution in [2.75, 3.05) is 4.72 Å². The molecule has 0 spiro atoms. The van der Waals surface area contributed by atoms with E-state index in [-0.39, 0.29) is 23.3 Å². The van der Waals surface area contributed by atoms with Crippen LogP contribution in [0.25, 0.3) is 0 Å². The molecule has 1 heterocycles. The smallest absolute Gasteiger partial charge is 0.266 e. The molecule has 0 aromatic heterocycles. The fourth-order valence-corrected chi connectivity index (χ4v) is 5.38. The van der Waals surface area contributed by atoms with E-state index in [0.717, 1.165) is 17.7 Å². The van der Waals surface area contributed by atoms with Crippen LogP contribution >= 0.6 is 0 Å². The van der Waals surface area contributed by atoms with Crippen molar-refractivity contribution in [3.05, 3.63) is 132 Å². The number of carbonyl (C=O) groups excluding carboxylic acids is 1. The number of rotatable bonds is 7. The monoisotopic (exact) mass is 514 g/mol. The van der Waals surface area contributed by atoms with E-state index >= 15 is 0 Å². The second-order valence-corrected chi connectivity index (χ2v) is 10.2. The second-order valence-electron chi connectivity index (χ2n) is 8.56. The lowest BCUT2D eigenvalue weighted by atomic mass is 9.83. The highest BCUT2D eigenvalue weighted by atomic mass is 32.2. The normalized spacial score (nSPS) is 14.9. The van der Waals surface area contributed by atoms with Gasteiger partial charge in [0.1, 0.15) is 5.82 Å². The maximum Gasteiger partial charge on any atom is 0.266 e. The Kier molecular flexibility index (Phi) is 6.22. The van der Waals surface area contributed by atoms with Crippen LogP contribution in [0, 0.1) is 5.82 Å². The van der Waals surface area contributed by atoms with Crippen molar-refractivity contribution in [1.82, 2.24) is 4.90 Å². The number of amides is 1. The first-order valence-corrected chi connectivity index (χ1v) is 12.9. The average molecular weight is 515 g/mol. The summed E-state index contributed by atoms with van der Waals surface area (Å²) < 4.78 is 40.8. The molecule has 0 saturated carbocycles. The molecule has 186 valence electrons. The molecule has 0 saturated heterocycles. The molecule has 37 heavy (non-hydrogen) atoms. The van der Waals surface area contributed by atoms with Gasteiger partial charge in [0.15, 0.2) is 11.5 Å². The molecule has 1 aliphatic rings. The number of carbonyl (C=O) groups is 1. The Labute approximate surface area is 214 Å². The first-order chi connectivity index (χ1) is 17.8. The number of anilines is 1. The van der Waals surface area contributed by atoms with Crippen molar-refractivity contribution < 1.29 is 17.6 Å². The molecule has 1 amide bonds. The van der Waals surface area contributed by atoms with Gasteiger partial charge in [-0.2, -0.15) is 0 Å². The highest BCUT2D eigenvalue weighted by molar-refractivity contribution is 7.92. The molecule has 5 rings (SSSR count). The molecule has 4 aromatic rings. The molecule has 9 heteroatoms. The minimum Gasteiger partial charge on any atom is -0.369 e. The van der Waals surface area contributed by atoms with Gasteiger partial charge in [0.25, 0.3) is 15.9 Å². The lowest BCUT2D eigenvalue weighted by Crippen LogP contribution is -2.43. The molecule has 0 fully saturated rings. The number of aliphatic imine (C=N–C) groups is 1. The molecule has 4 aromatic carbocycles. The van der Waals surface area contributed by atoms with Gasteiger partial charge in [-0.3, -0.25) is 14.4 Å². The van der Waals surface area contributed by atoms with Crippen molar-refractivity contribution >= 4 is 27.6 Å². The molecule has 0 unspecified atom stereocenters. The Balaban J connectivity index is 1.39. The maximum absolute atomic E-state index is 13.9. The third-order valence-corrected chi connectivity index (χ3v) is 7.56. The summed E-state index contributed by atoms with van der Waals surface area (Å²) in [7, 11) is -3.88. The Morgan fingerprint density at radius 3 is 1.89 bits per heavy atom. The summed E-state index contributed by atoms with van der Waals surface area (Å²) in [5.74, 6) is -0.701. The third kappa shape index (κ3) is 4.56. The van der Waals surface area contributed by atoms with E-state index in [1.54, 1.807) is 24.3 Å². The number of nitrogens with one attached hydrogen (secondary N) is 1. The highest BCUT2D eigenvalue weighted by Crippen LogP contribution is 2.40. The fourth-order valence-electron chi connectivity index (χ4n) is 4.32. The molecular weight excluding hydrogens is 491 g/mol. The molecule has 0 aliphatic carbocycles. The molecule has 0 atom stereocenters. The first-order valence-electron chi connectivity index (χ1n) is 11.5. The molecule has 1 aliphatic heterocycles. The zero-order valence-corrected chi connectivity index (χ0v) is 20.4. The van der Waals surface area contributed by atoms with E-state index in [9.17, 15) is 17.6 Å². The fraction of sp³-hybridized carbons (Fsp3) is 0.0714. The van der Waals surface area contributed by atoms with Crippen LogP contribution in [0.1, 0.15) is 16.7 Å². The van der Waals surface area contributed by atoms with Crippen LogP contribution in [-0.4, -0.2) is 25.2 Å². The summed E-state index contributed by atoms with van der Waals surface area (Å²) in [6, 6.07) is 29.7. The van der Waals surface area contributed by atoms with Crippen LogP contribution in [0.2, 0.25) is 0 Å².